The van der Waals surface area contributed by atoms with Crippen LogP contribution in [0.5, 0.6) is 0 Å². The third-order valence-corrected chi connectivity index (χ3v) is 8.07. The van der Waals surface area contributed by atoms with Crippen molar-refractivity contribution in [3.63, 3.8) is 0 Å². The maximum absolute atomic E-state index is 12.9. The number of alkyl halides is 3. The Morgan fingerprint density at radius 3 is 2.39 bits per heavy atom. The normalized spacial score (nSPS) is 28.3. The highest BCUT2D eigenvalue weighted by Gasteiger charge is 2.41. The van der Waals surface area contributed by atoms with Gasteiger partial charge in [0.15, 0.2) is 0 Å². The van der Waals surface area contributed by atoms with E-state index in [1.54, 1.807) is 19.2 Å². The number of carbonyl (C=O) groups is 1. The number of anilines is 1. The lowest BCUT2D eigenvalue weighted by Crippen LogP contribution is -2.35. The lowest BCUT2D eigenvalue weighted by atomic mass is 9.78. The van der Waals surface area contributed by atoms with E-state index in [1.165, 1.54) is 31.4 Å². The molecule has 1 aromatic rings. The minimum Gasteiger partial charge on any atom is -0.384 e. The Morgan fingerprint density at radius 1 is 1.03 bits per heavy atom. The molecule has 184 valence electrons. The highest BCUT2D eigenvalue weighted by Crippen LogP contribution is 2.38. The summed E-state index contributed by atoms with van der Waals surface area (Å²) < 4.78 is 43.7. The summed E-state index contributed by atoms with van der Waals surface area (Å²) in [5.41, 5.74) is 0.333. The van der Waals surface area contributed by atoms with E-state index in [1.807, 2.05) is 0 Å². The molecular formula is C26H37F3N2O2. The van der Waals surface area contributed by atoms with Gasteiger partial charge in [0.25, 0.3) is 0 Å². The summed E-state index contributed by atoms with van der Waals surface area (Å²) in [6.07, 6.45) is 4.07. The van der Waals surface area contributed by atoms with Crippen LogP contribution in [0.2, 0.25) is 0 Å². The quantitative estimate of drug-likeness (QED) is 0.487. The maximum Gasteiger partial charge on any atom is 0.416 e. The molecule has 0 bridgehead atoms. The van der Waals surface area contributed by atoms with Gasteiger partial charge in [0.05, 0.1) is 12.2 Å². The lowest BCUT2D eigenvalue weighted by Gasteiger charge is -2.30. The highest BCUT2D eigenvalue weighted by atomic mass is 19.4. The van der Waals surface area contributed by atoms with Crippen LogP contribution in [-0.2, 0) is 15.7 Å². The molecule has 33 heavy (non-hydrogen) atoms. The van der Waals surface area contributed by atoms with Crippen LogP contribution in [0.4, 0.5) is 18.9 Å². The molecule has 2 unspecified atom stereocenters. The molecule has 2 saturated heterocycles. The Kier molecular flexibility index (Phi) is 8.00. The van der Waals surface area contributed by atoms with Crippen molar-refractivity contribution in [2.45, 2.75) is 63.6 Å². The van der Waals surface area contributed by atoms with Crippen molar-refractivity contribution >= 4 is 11.5 Å². The fourth-order valence-corrected chi connectivity index (χ4v) is 6.12. The first kappa shape index (κ1) is 24.5. The van der Waals surface area contributed by atoms with Gasteiger partial charge >= 0.3 is 6.18 Å². The van der Waals surface area contributed by atoms with E-state index in [9.17, 15) is 18.0 Å². The zero-order valence-corrected chi connectivity index (χ0v) is 19.7. The Bertz CT molecular complexity index is 775. The van der Waals surface area contributed by atoms with Crippen molar-refractivity contribution in [1.82, 2.24) is 4.90 Å². The first-order valence-electron chi connectivity index (χ1n) is 12.5. The van der Waals surface area contributed by atoms with E-state index >= 15 is 0 Å². The number of fused-ring (bicyclic) bond motifs is 1. The Labute approximate surface area is 195 Å². The standard InChI is InChI=1S/C26H37F3N2O2/c1-33-15-12-24(32)16-20-4-2-19(3-5-20)10-13-30-17-21-11-14-31(25(21)18-30)23-8-6-22(7-9-23)26(27,28)29/h6-9,19-21,25H,2-5,10-18H2,1H3. The van der Waals surface area contributed by atoms with E-state index in [0.29, 0.717) is 43.1 Å². The van der Waals surface area contributed by atoms with Crippen molar-refractivity contribution in [1.29, 1.82) is 0 Å². The average Bonchev–Trinajstić information content (AvgIpc) is 3.37. The summed E-state index contributed by atoms with van der Waals surface area (Å²) >= 11 is 0. The monoisotopic (exact) mass is 466 g/mol. The van der Waals surface area contributed by atoms with Crippen LogP contribution in [0.3, 0.4) is 0 Å². The van der Waals surface area contributed by atoms with E-state index in [4.69, 9.17) is 4.74 Å². The van der Waals surface area contributed by atoms with E-state index in [0.717, 1.165) is 57.0 Å². The second kappa shape index (κ2) is 10.8. The first-order valence-corrected chi connectivity index (χ1v) is 12.5. The molecule has 0 amide bonds. The number of rotatable bonds is 9. The van der Waals surface area contributed by atoms with Crippen LogP contribution in [0.25, 0.3) is 0 Å². The van der Waals surface area contributed by atoms with Crippen molar-refractivity contribution in [3.8, 4) is 0 Å². The van der Waals surface area contributed by atoms with Crippen molar-refractivity contribution in [3.05, 3.63) is 29.8 Å². The molecule has 4 rings (SSSR count). The molecule has 0 radical (unpaired) electrons. The molecule has 1 aliphatic carbocycles. The van der Waals surface area contributed by atoms with Crippen molar-refractivity contribution < 1.29 is 22.7 Å². The number of hydrogen-bond acceptors (Lipinski definition) is 4. The predicted octanol–water partition coefficient (Wildman–Crippen LogP) is 5.41. The number of carbonyl (C=O) groups excluding carboxylic acids is 1. The molecule has 4 nitrogen and oxygen atoms in total. The number of likely N-dealkylation sites (tertiary alicyclic amines) is 1. The van der Waals surface area contributed by atoms with Gasteiger partial charge in [0.1, 0.15) is 5.78 Å². The van der Waals surface area contributed by atoms with Gasteiger partial charge in [0.2, 0.25) is 0 Å². The van der Waals surface area contributed by atoms with Gasteiger partial charge in [-0.25, -0.2) is 0 Å². The van der Waals surface area contributed by atoms with Gasteiger partial charge in [-0.1, -0.05) is 12.8 Å². The Morgan fingerprint density at radius 2 is 1.73 bits per heavy atom. The van der Waals surface area contributed by atoms with Crippen LogP contribution in [0, 0.1) is 17.8 Å². The minimum absolute atomic E-state index is 0.335. The van der Waals surface area contributed by atoms with E-state index in [-0.39, 0.29) is 0 Å². The number of benzene rings is 1. The first-order chi connectivity index (χ1) is 15.8. The smallest absolute Gasteiger partial charge is 0.384 e. The number of methoxy groups -OCH3 is 1. The molecule has 1 aromatic carbocycles. The average molecular weight is 467 g/mol. The number of nitrogens with zero attached hydrogens (tertiary/aromatic N) is 2. The Balaban J connectivity index is 1.20. The molecule has 0 aromatic heterocycles. The molecule has 2 atom stereocenters. The molecule has 2 aliphatic heterocycles. The summed E-state index contributed by atoms with van der Waals surface area (Å²) in [5.74, 6) is 2.25. The molecular weight excluding hydrogens is 429 g/mol. The van der Waals surface area contributed by atoms with Crippen LogP contribution in [-0.4, -0.2) is 56.6 Å². The van der Waals surface area contributed by atoms with Gasteiger partial charge in [-0.2, -0.15) is 13.2 Å². The van der Waals surface area contributed by atoms with Crippen LogP contribution in [0.15, 0.2) is 24.3 Å². The van der Waals surface area contributed by atoms with Gasteiger partial charge in [-0.3, -0.25) is 4.79 Å². The van der Waals surface area contributed by atoms with Gasteiger partial charge in [-0.05, 0) is 74.2 Å². The molecule has 0 spiro atoms. The second-order valence-corrected chi connectivity index (χ2v) is 10.3. The third-order valence-electron chi connectivity index (χ3n) is 8.07. The zero-order valence-electron chi connectivity index (χ0n) is 19.7. The van der Waals surface area contributed by atoms with Gasteiger partial charge in [0, 0.05) is 51.3 Å². The van der Waals surface area contributed by atoms with E-state index in [2.05, 4.69) is 9.80 Å². The molecule has 0 N–H and O–H groups in total. The van der Waals surface area contributed by atoms with Gasteiger partial charge < -0.3 is 14.5 Å². The van der Waals surface area contributed by atoms with Crippen LogP contribution >= 0.6 is 0 Å². The molecule has 1 saturated carbocycles. The summed E-state index contributed by atoms with van der Waals surface area (Å²) in [7, 11) is 1.64. The zero-order chi connectivity index (χ0) is 23.4. The van der Waals surface area contributed by atoms with Crippen molar-refractivity contribution in [2.75, 3.05) is 44.8 Å². The van der Waals surface area contributed by atoms with Gasteiger partial charge in [-0.15, -0.1) is 0 Å². The lowest BCUT2D eigenvalue weighted by molar-refractivity contribution is -0.137. The number of ether oxygens (including phenoxy) is 1. The SMILES string of the molecule is COCCC(=O)CC1CCC(CCN2CC3CCN(c4ccc(C(F)(F)F)cc4)C3C2)CC1. The molecule has 3 aliphatic rings. The summed E-state index contributed by atoms with van der Waals surface area (Å²) in [6, 6.07) is 6.09. The van der Waals surface area contributed by atoms with Crippen LogP contribution < -0.4 is 4.90 Å². The highest BCUT2D eigenvalue weighted by molar-refractivity contribution is 5.78. The maximum atomic E-state index is 12.9. The molecule has 7 heteroatoms. The van der Waals surface area contributed by atoms with E-state index < -0.39 is 11.7 Å². The topological polar surface area (TPSA) is 32.8 Å². The van der Waals surface area contributed by atoms with Crippen molar-refractivity contribution in [2.24, 2.45) is 17.8 Å². The molecule has 3 fully saturated rings. The number of hydrogen-bond donors (Lipinski definition) is 0. The summed E-state index contributed by atoms with van der Waals surface area (Å²) in [5, 5.41) is 0. The largest absolute Gasteiger partial charge is 0.416 e. The third kappa shape index (κ3) is 6.30. The fraction of sp³-hybridized carbons (Fsp3) is 0.731. The summed E-state index contributed by atoms with van der Waals surface area (Å²) in [6.45, 7) is 4.68. The number of ketones is 1. The minimum atomic E-state index is -4.28. The molecule has 2 heterocycles. The number of halogens is 3. The second-order valence-electron chi connectivity index (χ2n) is 10.3. The Hall–Kier alpha value is -1.60. The fourth-order valence-electron chi connectivity index (χ4n) is 6.12. The van der Waals surface area contributed by atoms with Crippen LogP contribution in [0.1, 0.15) is 56.9 Å². The number of Topliss-reactive ketones (excluding diaryl/α,β-unsaturated/α-hetero) is 1. The predicted molar refractivity (Wildman–Crippen MR) is 123 cm³/mol. The summed E-state index contributed by atoms with van der Waals surface area (Å²) in [4.78, 5) is 16.9.